The lowest BCUT2D eigenvalue weighted by Gasteiger charge is -2.23. The van der Waals surface area contributed by atoms with Crippen molar-refractivity contribution in [2.45, 2.75) is 40.0 Å². The second-order valence-electron chi connectivity index (χ2n) is 5.26. The van der Waals surface area contributed by atoms with E-state index in [0.717, 1.165) is 11.8 Å². The maximum Gasteiger partial charge on any atom is 0.150 e. The van der Waals surface area contributed by atoms with Gasteiger partial charge in [0.05, 0.1) is 0 Å². The molecule has 1 aromatic carbocycles. The summed E-state index contributed by atoms with van der Waals surface area (Å²) >= 11 is 0. The first kappa shape index (κ1) is 13.0. The molecule has 0 aliphatic heterocycles. The Morgan fingerprint density at radius 2 is 1.62 bits per heavy atom. The lowest BCUT2D eigenvalue weighted by atomic mass is 9.82. The first-order valence-electron chi connectivity index (χ1n) is 6.09. The van der Waals surface area contributed by atoms with Gasteiger partial charge >= 0.3 is 0 Å². The number of hydrogen-bond acceptors (Lipinski definition) is 1. The maximum absolute atomic E-state index is 10.6. The summed E-state index contributed by atoms with van der Waals surface area (Å²) < 4.78 is 0. The highest BCUT2D eigenvalue weighted by Gasteiger charge is 2.16. The molecule has 0 saturated heterocycles. The molecule has 0 saturated carbocycles. The molecule has 16 heavy (non-hydrogen) atoms. The van der Waals surface area contributed by atoms with Crippen LogP contribution in [0.4, 0.5) is 0 Å². The third kappa shape index (κ3) is 3.48. The molecule has 1 unspecified atom stereocenters. The van der Waals surface area contributed by atoms with E-state index in [1.807, 2.05) is 12.1 Å². The van der Waals surface area contributed by atoms with Gasteiger partial charge in [-0.1, -0.05) is 52.0 Å². The summed E-state index contributed by atoms with van der Waals surface area (Å²) in [6.07, 6.45) is 2.11. The maximum atomic E-state index is 10.6. The number of carbonyl (C=O) groups excluding carboxylic acids is 1. The zero-order valence-corrected chi connectivity index (χ0v) is 10.7. The molecule has 0 radical (unpaired) electrons. The third-order valence-electron chi connectivity index (χ3n) is 3.03. The Morgan fingerprint density at radius 3 is 2.00 bits per heavy atom. The van der Waals surface area contributed by atoms with E-state index >= 15 is 0 Å². The Labute approximate surface area is 98.9 Å². The van der Waals surface area contributed by atoms with Crippen molar-refractivity contribution in [2.75, 3.05) is 0 Å². The summed E-state index contributed by atoms with van der Waals surface area (Å²) in [5, 5.41) is 0. The van der Waals surface area contributed by atoms with Crippen molar-refractivity contribution in [2.24, 2.45) is 11.8 Å². The van der Waals surface area contributed by atoms with Crippen LogP contribution in [0.5, 0.6) is 0 Å². The number of benzene rings is 1. The highest BCUT2D eigenvalue weighted by Crippen LogP contribution is 2.30. The van der Waals surface area contributed by atoms with Crippen molar-refractivity contribution >= 4 is 6.29 Å². The summed E-state index contributed by atoms with van der Waals surface area (Å²) in [6.45, 7) is 9.05. The predicted octanol–water partition coefficient (Wildman–Crippen LogP) is 4.28. The fraction of sp³-hybridized carbons (Fsp3) is 0.533. The van der Waals surface area contributed by atoms with Gasteiger partial charge in [0.15, 0.2) is 0 Å². The number of carbonyl (C=O) groups is 1. The Hall–Kier alpha value is -1.11. The summed E-state index contributed by atoms with van der Waals surface area (Å²) in [5.41, 5.74) is 2.12. The summed E-state index contributed by atoms with van der Waals surface area (Å²) in [4.78, 5) is 10.6. The molecule has 0 aliphatic carbocycles. The van der Waals surface area contributed by atoms with Gasteiger partial charge in [0.1, 0.15) is 6.29 Å². The van der Waals surface area contributed by atoms with Crippen LogP contribution < -0.4 is 0 Å². The van der Waals surface area contributed by atoms with Crippen LogP contribution in [0.15, 0.2) is 24.3 Å². The van der Waals surface area contributed by atoms with E-state index in [1.165, 1.54) is 12.0 Å². The van der Waals surface area contributed by atoms with Crippen LogP contribution >= 0.6 is 0 Å². The van der Waals surface area contributed by atoms with Crippen LogP contribution in [0.2, 0.25) is 0 Å². The van der Waals surface area contributed by atoms with Gasteiger partial charge in [-0.05, 0) is 29.7 Å². The monoisotopic (exact) mass is 218 g/mol. The van der Waals surface area contributed by atoms with E-state index in [1.54, 1.807) is 0 Å². The topological polar surface area (TPSA) is 17.1 Å². The molecule has 0 spiro atoms. The second kappa shape index (κ2) is 5.83. The quantitative estimate of drug-likeness (QED) is 0.674. The molecule has 1 nitrogen and oxygen atoms in total. The number of rotatable bonds is 5. The van der Waals surface area contributed by atoms with Gasteiger partial charge in [0, 0.05) is 5.56 Å². The smallest absolute Gasteiger partial charge is 0.150 e. The summed E-state index contributed by atoms with van der Waals surface area (Å²) in [7, 11) is 0. The van der Waals surface area contributed by atoms with Gasteiger partial charge in [-0.25, -0.2) is 0 Å². The number of hydrogen-bond donors (Lipinski definition) is 0. The van der Waals surface area contributed by atoms with Crippen LogP contribution in [0.1, 0.15) is 56.0 Å². The van der Waals surface area contributed by atoms with Gasteiger partial charge in [-0.15, -0.1) is 0 Å². The SMILES string of the molecule is CC(C)CC(c1ccc(C=O)cc1)C(C)C. The van der Waals surface area contributed by atoms with E-state index in [9.17, 15) is 4.79 Å². The first-order valence-corrected chi connectivity index (χ1v) is 6.09. The largest absolute Gasteiger partial charge is 0.298 e. The van der Waals surface area contributed by atoms with Crippen LogP contribution in [-0.2, 0) is 0 Å². The Balaban J connectivity index is 2.88. The van der Waals surface area contributed by atoms with Crippen molar-refractivity contribution in [1.82, 2.24) is 0 Å². The predicted molar refractivity (Wildman–Crippen MR) is 68.9 cm³/mol. The van der Waals surface area contributed by atoms with E-state index in [4.69, 9.17) is 0 Å². The molecule has 1 heteroatoms. The van der Waals surface area contributed by atoms with Crippen molar-refractivity contribution < 1.29 is 4.79 Å². The fourth-order valence-corrected chi connectivity index (χ4v) is 2.12. The Morgan fingerprint density at radius 1 is 1.06 bits per heavy atom. The minimum absolute atomic E-state index is 0.598. The summed E-state index contributed by atoms with van der Waals surface area (Å²) in [5.74, 6) is 1.95. The molecule has 1 aromatic rings. The minimum Gasteiger partial charge on any atom is -0.298 e. The molecule has 1 rings (SSSR count). The van der Waals surface area contributed by atoms with E-state index in [2.05, 4.69) is 39.8 Å². The Bertz CT molecular complexity index is 322. The summed E-state index contributed by atoms with van der Waals surface area (Å²) in [6, 6.07) is 8.02. The average molecular weight is 218 g/mol. The van der Waals surface area contributed by atoms with E-state index in [-0.39, 0.29) is 0 Å². The van der Waals surface area contributed by atoms with Crippen LogP contribution in [0, 0.1) is 11.8 Å². The normalized spacial score (nSPS) is 13.1. The molecule has 88 valence electrons. The fourth-order valence-electron chi connectivity index (χ4n) is 2.12. The third-order valence-corrected chi connectivity index (χ3v) is 3.03. The first-order chi connectivity index (χ1) is 7.54. The second-order valence-corrected chi connectivity index (χ2v) is 5.26. The van der Waals surface area contributed by atoms with Crippen LogP contribution in [0.3, 0.4) is 0 Å². The van der Waals surface area contributed by atoms with Gasteiger partial charge in [0.2, 0.25) is 0 Å². The zero-order valence-electron chi connectivity index (χ0n) is 10.7. The van der Waals surface area contributed by atoms with Crippen LogP contribution in [-0.4, -0.2) is 6.29 Å². The van der Waals surface area contributed by atoms with Crippen molar-refractivity contribution in [3.8, 4) is 0 Å². The highest BCUT2D eigenvalue weighted by molar-refractivity contribution is 5.74. The lowest BCUT2D eigenvalue weighted by Crippen LogP contribution is -2.09. The molecular formula is C15H22O. The molecule has 0 amide bonds. The Kier molecular flexibility index (Phi) is 4.72. The van der Waals surface area contributed by atoms with Crippen molar-refractivity contribution in [1.29, 1.82) is 0 Å². The highest BCUT2D eigenvalue weighted by atomic mass is 16.1. The number of aldehydes is 1. The van der Waals surface area contributed by atoms with Gasteiger partial charge < -0.3 is 0 Å². The van der Waals surface area contributed by atoms with Gasteiger partial charge in [-0.2, -0.15) is 0 Å². The molecule has 0 N–H and O–H groups in total. The van der Waals surface area contributed by atoms with Gasteiger partial charge in [0.25, 0.3) is 0 Å². The van der Waals surface area contributed by atoms with E-state index in [0.29, 0.717) is 17.8 Å². The molecule has 0 aliphatic rings. The van der Waals surface area contributed by atoms with Crippen LogP contribution in [0.25, 0.3) is 0 Å². The standard InChI is InChI=1S/C15H22O/c1-11(2)9-15(12(3)4)14-7-5-13(10-16)6-8-14/h5-8,10-12,15H,9H2,1-4H3. The van der Waals surface area contributed by atoms with E-state index < -0.39 is 0 Å². The molecule has 1 atom stereocenters. The molecule has 0 bridgehead atoms. The van der Waals surface area contributed by atoms with Crippen molar-refractivity contribution in [3.63, 3.8) is 0 Å². The lowest BCUT2D eigenvalue weighted by molar-refractivity contribution is 0.112. The molecular weight excluding hydrogens is 196 g/mol. The minimum atomic E-state index is 0.598. The molecule has 0 heterocycles. The molecule has 0 fully saturated rings. The van der Waals surface area contributed by atoms with Crippen molar-refractivity contribution in [3.05, 3.63) is 35.4 Å². The average Bonchev–Trinajstić information content (AvgIpc) is 2.25. The van der Waals surface area contributed by atoms with Gasteiger partial charge in [-0.3, -0.25) is 4.79 Å². The zero-order chi connectivity index (χ0) is 12.1. The molecule has 0 aromatic heterocycles.